The predicted octanol–water partition coefficient (Wildman–Crippen LogP) is 2.08. The molecule has 0 aromatic carbocycles. The average Bonchev–Trinajstić information content (AvgIpc) is 2.68. The molecule has 0 bridgehead atoms. The van der Waals surface area contributed by atoms with Gasteiger partial charge in [-0.15, -0.1) is 0 Å². The molecular weight excluding hydrogens is 288 g/mol. The minimum atomic E-state index is -3.52. The highest BCUT2D eigenvalue weighted by Crippen LogP contribution is 2.27. The molecule has 1 fully saturated rings. The number of nitrogens with two attached hydrogens (primary N) is 1. The van der Waals surface area contributed by atoms with Crippen LogP contribution in [0.25, 0.3) is 0 Å². The molecule has 21 heavy (non-hydrogen) atoms. The minimum Gasteiger partial charge on any atom is -0.381 e. The maximum atomic E-state index is 12.7. The van der Waals surface area contributed by atoms with Crippen LogP contribution >= 0.6 is 0 Å². The number of hydrogen-bond acceptors (Lipinski definition) is 4. The molecule has 0 aliphatic carbocycles. The largest absolute Gasteiger partial charge is 0.381 e. The highest BCUT2D eigenvalue weighted by molar-refractivity contribution is 7.89. The summed E-state index contributed by atoms with van der Waals surface area (Å²) in [5.74, 6) is 0.747. The Kier molecular flexibility index (Phi) is 5.27. The second kappa shape index (κ2) is 6.79. The number of nitrogens with zero attached hydrogens (tertiary/aromatic N) is 3. The Hall–Kier alpha value is -1.08. The van der Waals surface area contributed by atoms with Crippen LogP contribution in [0.1, 0.15) is 46.0 Å². The molecule has 2 heterocycles. The van der Waals surface area contributed by atoms with E-state index in [1.165, 1.54) is 6.42 Å². The molecular formula is C14H26N4O2S. The summed E-state index contributed by atoms with van der Waals surface area (Å²) in [4.78, 5) is 0.151. The zero-order chi connectivity index (χ0) is 15.5. The van der Waals surface area contributed by atoms with E-state index < -0.39 is 10.0 Å². The highest BCUT2D eigenvalue weighted by Gasteiger charge is 2.30. The van der Waals surface area contributed by atoms with Crippen molar-refractivity contribution in [1.82, 2.24) is 14.1 Å². The van der Waals surface area contributed by atoms with Crippen molar-refractivity contribution in [1.29, 1.82) is 0 Å². The third-order valence-electron chi connectivity index (χ3n) is 4.20. The molecule has 6 nitrogen and oxygen atoms in total. The van der Waals surface area contributed by atoms with Gasteiger partial charge in [0, 0.05) is 25.8 Å². The summed E-state index contributed by atoms with van der Waals surface area (Å²) in [5, 5.41) is 4.05. The van der Waals surface area contributed by atoms with Crippen LogP contribution in [0.4, 0.5) is 5.82 Å². The van der Waals surface area contributed by atoms with Gasteiger partial charge < -0.3 is 5.73 Å². The van der Waals surface area contributed by atoms with Crippen molar-refractivity contribution in [2.45, 2.75) is 57.4 Å². The number of hydrogen-bond donors (Lipinski definition) is 1. The van der Waals surface area contributed by atoms with E-state index in [-0.39, 0.29) is 10.7 Å². The van der Waals surface area contributed by atoms with E-state index in [1.807, 2.05) is 6.92 Å². The van der Waals surface area contributed by atoms with Crippen LogP contribution in [0.15, 0.2) is 11.1 Å². The summed E-state index contributed by atoms with van der Waals surface area (Å²) in [6.45, 7) is 5.87. The fraction of sp³-hybridized carbons (Fsp3) is 0.786. The lowest BCUT2D eigenvalue weighted by Crippen LogP contribution is -2.32. The van der Waals surface area contributed by atoms with E-state index in [2.05, 4.69) is 12.0 Å². The smallest absolute Gasteiger partial charge is 0.248 e. The summed E-state index contributed by atoms with van der Waals surface area (Å²) in [6.07, 6.45) is 6.86. The Morgan fingerprint density at radius 2 is 2.10 bits per heavy atom. The molecule has 1 aromatic heterocycles. The second-order valence-corrected chi connectivity index (χ2v) is 7.63. The maximum absolute atomic E-state index is 12.7. The Morgan fingerprint density at radius 1 is 1.33 bits per heavy atom. The molecule has 1 unspecified atom stereocenters. The molecule has 0 saturated carbocycles. The quantitative estimate of drug-likeness (QED) is 0.902. The van der Waals surface area contributed by atoms with Crippen molar-refractivity contribution >= 4 is 15.8 Å². The van der Waals surface area contributed by atoms with Crippen LogP contribution in [0, 0.1) is 5.92 Å². The van der Waals surface area contributed by atoms with Crippen LogP contribution in [-0.2, 0) is 16.6 Å². The Morgan fingerprint density at radius 3 is 2.71 bits per heavy atom. The third-order valence-corrected chi connectivity index (χ3v) is 6.12. The highest BCUT2D eigenvalue weighted by atomic mass is 32.2. The molecule has 0 radical (unpaired) electrons. The Labute approximate surface area is 127 Å². The zero-order valence-corrected chi connectivity index (χ0v) is 13.8. The first-order valence-electron chi connectivity index (χ1n) is 7.82. The van der Waals surface area contributed by atoms with Crippen molar-refractivity contribution in [3.05, 3.63) is 6.20 Å². The lowest BCUT2D eigenvalue weighted by atomic mass is 9.96. The lowest BCUT2D eigenvalue weighted by molar-refractivity contribution is 0.400. The summed E-state index contributed by atoms with van der Waals surface area (Å²) < 4.78 is 28.6. The van der Waals surface area contributed by atoms with Crippen LogP contribution in [0.5, 0.6) is 0 Å². The monoisotopic (exact) mass is 314 g/mol. The van der Waals surface area contributed by atoms with Gasteiger partial charge in [-0.3, -0.25) is 4.68 Å². The molecule has 1 atom stereocenters. The molecule has 1 aromatic rings. The zero-order valence-electron chi connectivity index (χ0n) is 13.0. The van der Waals surface area contributed by atoms with Crippen LogP contribution in [-0.4, -0.2) is 35.6 Å². The van der Waals surface area contributed by atoms with Gasteiger partial charge >= 0.3 is 0 Å². The lowest BCUT2D eigenvalue weighted by Gasteiger charge is -2.19. The van der Waals surface area contributed by atoms with Crippen molar-refractivity contribution < 1.29 is 8.42 Å². The molecule has 2 N–H and O–H groups in total. The molecule has 2 rings (SSSR count). The number of aryl methyl sites for hydroxylation is 1. The summed E-state index contributed by atoms with van der Waals surface area (Å²) in [7, 11) is -3.52. The van der Waals surface area contributed by atoms with E-state index in [1.54, 1.807) is 15.2 Å². The second-order valence-electron chi connectivity index (χ2n) is 5.72. The normalized spacial score (nSPS) is 21.3. The fourth-order valence-electron chi connectivity index (χ4n) is 2.99. The minimum absolute atomic E-state index is 0.103. The molecule has 1 aliphatic rings. The van der Waals surface area contributed by atoms with Crippen molar-refractivity contribution in [2.24, 2.45) is 5.92 Å². The summed E-state index contributed by atoms with van der Waals surface area (Å²) in [5.41, 5.74) is 5.79. The predicted molar refractivity (Wildman–Crippen MR) is 83.3 cm³/mol. The van der Waals surface area contributed by atoms with Gasteiger partial charge in [0.2, 0.25) is 10.0 Å². The SMILES string of the molecule is CCCC1CCCN(S(=O)(=O)c2cn(CC)nc2N)CC1. The van der Waals surface area contributed by atoms with E-state index in [0.717, 1.165) is 25.7 Å². The number of aromatic nitrogens is 2. The first-order valence-corrected chi connectivity index (χ1v) is 9.26. The van der Waals surface area contributed by atoms with Gasteiger partial charge in [-0.05, 0) is 32.1 Å². The van der Waals surface area contributed by atoms with Gasteiger partial charge in [-0.1, -0.05) is 19.8 Å². The summed E-state index contributed by atoms with van der Waals surface area (Å²) in [6, 6.07) is 0. The van der Waals surface area contributed by atoms with E-state index in [0.29, 0.717) is 25.6 Å². The van der Waals surface area contributed by atoms with Gasteiger partial charge in [0.15, 0.2) is 5.82 Å². The molecule has 0 spiro atoms. The van der Waals surface area contributed by atoms with Gasteiger partial charge in [-0.2, -0.15) is 9.40 Å². The van der Waals surface area contributed by atoms with Gasteiger partial charge in [0.05, 0.1) is 0 Å². The molecule has 1 saturated heterocycles. The molecule has 0 amide bonds. The molecule has 120 valence electrons. The molecule has 1 aliphatic heterocycles. The van der Waals surface area contributed by atoms with Crippen LogP contribution in [0.3, 0.4) is 0 Å². The van der Waals surface area contributed by atoms with Gasteiger partial charge in [0.1, 0.15) is 4.90 Å². The fourth-order valence-corrected chi connectivity index (χ4v) is 4.55. The molecule has 7 heteroatoms. The first-order chi connectivity index (χ1) is 9.98. The number of nitrogen functional groups attached to an aromatic ring is 1. The van der Waals surface area contributed by atoms with Crippen molar-refractivity contribution in [3.63, 3.8) is 0 Å². The number of sulfonamides is 1. The van der Waals surface area contributed by atoms with Crippen LogP contribution < -0.4 is 5.73 Å². The topological polar surface area (TPSA) is 81.2 Å². The Bertz CT molecular complexity index is 568. The van der Waals surface area contributed by atoms with Gasteiger partial charge in [0.25, 0.3) is 0 Å². The van der Waals surface area contributed by atoms with Crippen molar-refractivity contribution in [3.8, 4) is 0 Å². The first kappa shape index (κ1) is 16.3. The number of anilines is 1. The third kappa shape index (κ3) is 3.58. The van der Waals surface area contributed by atoms with Crippen molar-refractivity contribution in [2.75, 3.05) is 18.8 Å². The van der Waals surface area contributed by atoms with Crippen LogP contribution in [0.2, 0.25) is 0 Å². The standard InChI is InChI=1S/C14H26N4O2S/c1-3-6-12-7-5-9-18(10-8-12)21(19,20)13-11-17(4-2)16-14(13)15/h11-12H,3-10H2,1-2H3,(H2,15,16). The average molecular weight is 314 g/mol. The maximum Gasteiger partial charge on any atom is 0.248 e. The Balaban J connectivity index is 2.17. The summed E-state index contributed by atoms with van der Waals surface area (Å²) >= 11 is 0. The van der Waals surface area contributed by atoms with E-state index in [4.69, 9.17) is 5.73 Å². The van der Waals surface area contributed by atoms with E-state index >= 15 is 0 Å². The van der Waals surface area contributed by atoms with Gasteiger partial charge in [-0.25, -0.2) is 8.42 Å². The van der Waals surface area contributed by atoms with E-state index in [9.17, 15) is 8.42 Å². The number of rotatable bonds is 5.